The first-order valence-electron chi connectivity index (χ1n) is 9.18. The molecule has 0 aliphatic carbocycles. The van der Waals surface area contributed by atoms with E-state index in [9.17, 15) is 4.79 Å². The summed E-state index contributed by atoms with van der Waals surface area (Å²) in [6.45, 7) is 3.00. The third-order valence-electron chi connectivity index (χ3n) is 4.52. The van der Waals surface area contributed by atoms with Crippen molar-refractivity contribution in [2.75, 3.05) is 20.6 Å². The number of nitrogens with one attached hydrogen (secondary N) is 1. The van der Waals surface area contributed by atoms with E-state index in [1.54, 1.807) is 0 Å². The fourth-order valence-corrected chi connectivity index (χ4v) is 4.17. The van der Waals surface area contributed by atoms with Gasteiger partial charge < -0.3 is 14.8 Å². The van der Waals surface area contributed by atoms with Gasteiger partial charge in [-0.2, -0.15) is 0 Å². The van der Waals surface area contributed by atoms with E-state index in [0.29, 0.717) is 3.95 Å². The SMILES string of the molecule is Cc1ccc(-c2csc(=S)n2CC(=O)N[C@H](CN(C)C)c2ccccc2)cc1. The lowest BCUT2D eigenvalue weighted by molar-refractivity contribution is -0.122. The summed E-state index contributed by atoms with van der Waals surface area (Å²) in [6, 6.07) is 18.3. The first kappa shape index (κ1) is 20.5. The Kier molecular flexibility index (Phi) is 6.78. The van der Waals surface area contributed by atoms with Crippen LogP contribution in [0, 0.1) is 10.9 Å². The summed E-state index contributed by atoms with van der Waals surface area (Å²) in [7, 11) is 4.01. The van der Waals surface area contributed by atoms with E-state index in [2.05, 4.69) is 41.4 Å². The highest BCUT2D eigenvalue weighted by atomic mass is 32.1. The Morgan fingerprint density at radius 3 is 2.46 bits per heavy atom. The summed E-state index contributed by atoms with van der Waals surface area (Å²) < 4.78 is 2.62. The van der Waals surface area contributed by atoms with E-state index < -0.39 is 0 Å². The van der Waals surface area contributed by atoms with Gasteiger partial charge in [-0.3, -0.25) is 4.79 Å². The lowest BCUT2D eigenvalue weighted by Crippen LogP contribution is -2.37. The molecule has 0 aliphatic rings. The molecular formula is C22H25N3OS2. The molecule has 0 radical (unpaired) electrons. The minimum atomic E-state index is -0.0701. The molecule has 0 fully saturated rings. The Morgan fingerprint density at radius 2 is 1.82 bits per heavy atom. The van der Waals surface area contributed by atoms with Crippen LogP contribution < -0.4 is 5.32 Å². The van der Waals surface area contributed by atoms with Gasteiger partial charge in [0.25, 0.3) is 0 Å². The Hall–Kier alpha value is -2.28. The number of benzene rings is 2. The van der Waals surface area contributed by atoms with Crippen LogP contribution in [0.1, 0.15) is 17.2 Å². The molecule has 1 N–H and O–H groups in total. The van der Waals surface area contributed by atoms with Gasteiger partial charge in [-0.05, 0) is 44.4 Å². The topological polar surface area (TPSA) is 37.3 Å². The maximum atomic E-state index is 12.9. The van der Waals surface area contributed by atoms with Crippen LogP contribution in [0.3, 0.4) is 0 Å². The normalized spacial score (nSPS) is 12.1. The summed E-state index contributed by atoms with van der Waals surface area (Å²) in [6.07, 6.45) is 0. The largest absolute Gasteiger partial charge is 0.346 e. The highest BCUT2D eigenvalue weighted by Crippen LogP contribution is 2.24. The zero-order chi connectivity index (χ0) is 20.1. The van der Waals surface area contributed by atoms with Crippen LogP contribution in [0.25, 0.3) is 11.3 Å². The molecule has 28 heavy (non-hydrogen) atoms. The molecule has 1 aromatic heterocycles. The Morgan fingerprint density at radius 1 is 1.14 bits per heavy atom. The molecule has 1 atom stereocenters. The van der Waals surface area contributed by atoms with Crippen LogP contribution in [0.5, 0.6) is 0 Å². The monoisotopic (exact) mass is 411 g/mol. The summed E-state index contributed by atoms with van der Waals surface area (Å²) in [5.41, 5.74) is 4.35. The van der Waals surface area contributed by atoms with Crippen LogP contribution in [0.4, 0.5) is 0 Å². The zero-order valence-electron chi connectivity index (χ0n) is 16.4. The predicted molar refractivity (Wildman–Crippen MR) is 119 cm³/mol. The molecule has 0 unspecified atom stereocenters. The van der Waals surface area contributed by atoms with Gasteiger partial charge in [-0.15, -0.1) is 11.3 Å². The molecule has 0 aliphatic heterocycles. The van der Waals surface area contributed by atoms with Gasteiger partial charge in [0.15, 0.2) is 3.95 Å². The fourth-order valence-electron chi connectivity index (χ4n) is 3.10. The van der Waals surface area contributed by atoms with E-state index >= 15 is 0 Å². The number of carbonyl (C=O) groups is 1. The van der Waals surface area contributed by atoms with Crippen molar-refractivity contribution in [2.24, 2.45) is 0 Å². The van der Waals surface area contributed by atoms with E-state index in [1.807, 2.05) is 54.4 Å². The molecule has 2 aromatic carbocycles. The molecular weight excluding hydrogens is 386 g/mol. The number of aryl methyl sites for hydroxylation is 1. The number of hydrogen-bond acceptors (Lipinski definition) is 4. The van der Waals surface area contributed by atoms with Gasteiger partial charge in [0.05, 0.1) is 11.7 Å². The average Bonchev–Trinajstić information content (AvgIpc) is 3.02. The molecule has 4 nitrogen and oxygen atoms in total. The van der Waals surface area contributed by atoms with Crippen molar-refractivity contribution in [1.29, 1.82) is 0 Å². The van der Waals surface area contributed by atoms with E-state index in [-0.39, 0.29) is 18.5 Å². The smallest absolute Gasteiger partial charge is 0.240 e. The number of hydrogen-bond donors (Lipinski definition) is 1. The third kappa shape index (κ3) is 5.16. The Bertz CT molecular complexity index is 975. The van der Waals surface area contributed by atoms with Crippen molar-refractivity contribution in [1.82, 2.24) is 14.8 Å². The second-order valence-corrected chi connectivity index (χ2v) is 8.64. The Balaban J connectivity index is 1.80. The lowest BCUT2D eigenvalue weighted by Gasteiger charge is -2.23. The molecule has 0 bridgehead atoms. The standard InChI is InChI=1S/C22H25N3OS2/c1-16-9-11-18(12-10-16)20-15-28-22(27)25(20)14-21(26)23-19(13-24(2)3)17-7-5-4-6-8-17/h4-12,15,19H,13-14H2,1-3H3,(H,23,26)/t19-/m1/s1. The number of thiazole rings is 1. The quantitative estimate of drug-likeness (QED) is 0.574. The fraction of sp³-hybridized carbons (Fsp3) is 0.273. The van der Waals surface area contributed by atoms with Gasteiger partial charge in [-0.1, -0.05) is 60.2 Å². The number of aromatic nitrogens is 1. The Labute approximate surface area is 175 Å². The maximum Gasteiger partial charge on any atom is 0.240 e. The second kappa shape index (κ2) is 9.28. The molecule has 146 valence electrons. The first-order valence-corrected chi connectivity index (χ1v) is 10.5. The van der Waals surface area contributed by atoms with Gasteiger partial charge >= 0.3 is 0 Å². The van der Waals surface area contributed by atoms with E-state index in [0.717, 1.165) is 23.4 Å². The van der Waals surface area contributed by atoms with Crippen molar-refractivity contribution < 1.29 is 4.79 Å². The van der Waals surface area contributed by atoms with E-state index in [4.69, 9.17) is 12.2 Å². The molecule has 1 amide bonds. The highest BCUT2D eigenvalue weighted by molar-refractivity contribution is 7.73. The van der Waals surface area contributed by atoms with Gasteiger partial charge in [0, 0.05) is 11.9 Å². The van der Waals surface area contributed by atoms with Crippen LogP contribution in [0.2, 0.25) is 0 Å². The minimum Gasteiger partial charge on any atom is -0.346 e. The number of nitrogens with zero attached hydrogens (tertiary/aromatic N) is 2. The van der Waals surface area contributed by atoms with Crippen molar-refractivity contribution in [3.63, 3.8) is 0 Å². The highest BCUT2D eigenvalue weighted by Gasteiger charge is 2.17. The minimum absolute atomic E-state index is 0.0430. The predicted octanol–water partition coefficient (Wildman–Crippen LogP) is 4.67. The third-order valence-corrected chi connectivity index (χ3v) is 5.79. The zero-order valence-corrected chi connectivity index (χ0v) is 18.0. The number of carbonyl (C=O) groups excluding carboxylic acids is 1. The maximum absolute atomic E-state index is 12.9. The molecule has 0 saturated heterocycles. The average molecular weight is 412 g/mol. The summed E-state index contributed by atoms with van der Waals surface area (Å²) in [5, 5.41) is 5.20. The van der Waals surface area contributed by atoms with Crippen LogP contribution in [0.15, 0.2) is 60.0 Å². The van der Waals surface area contributed by atoms with Crippen molar-refractivity contribution in [3.8, 4) is 11.3 Å². The summed E-state index contributed by atoms with van der Waals surface area (Å²) in [4.78, 5) is 14.9. The van der Waals surface area contributed by atoms with Crippen molar-refractivity contribution in [2.45, 2.75) is 19.5 Å². The van der Waals surface area contributed by atoms with Gasteiger partial charge in [-0.25, -0.2) is 0 Å². The van der Waals surface area contributed by atoms with Gasteiger partial charge in [0.2, 0.25) is 5.91 Å². The summed E-state index contributed by atoms with van der Waals surface area (Å²) in [5.74, 6) is -0.0430. The van der Waals surface area contributed by atoms with Gasteiger partial charge in [0.1, 0.15) is 6.54 Å². The molecule has 3 aromatic rings. The van der Waals surface area contributed by atoms with Crippen LogP contribution in [-0.4, -0.2) is 36.0 Å². The molecule has 0 saturated carbocycles. The number of likely N-dealkylation sites (N-methyl/N-ethyl adjacent to an activating group) is 1. The first-order chi connectivity index (χ1) is 13.4. The second-order valence-electron chi connectivity index (χ2n) is 7.13. The number of rotatable bonds is 7. The number of amides is 1. The molecule has 3 rings (SSSR count). The molecule has 1 heterocycles. The molecule has 0 spiro atoms. The van der Waals surface area contributed by atoms with Crippen LogP contribution in [-0.2, 0) is 11.3 Å². The summed E-state index contributed by atoms with van der Waals surface area (Å²) >= 11 is 6.97. The van der Waals surface area contributed by atoms with Crippen LogP contribution >= 0.6 is 23.6 Å². The molecule has 6 heteroatoms. The lowest BCUT2D eigenvalue weighted by atomic mass is 10.1. The van der Waals surface area contributed by atoms with Crippen molar-refractivity contribution in [3.05, 3.63) is 75.1 Å². The van der Waals surface area contributed by atoms with E-state index in [1.165, 1.54) is 16.9 Å². The van der Waals surface area contributed by atoms with Crippen molar-refractivity contribution >= 4 is 29.5 Å².